The molecule has 142 valence electrons. The number of nitrogens with zero attached hydrogens (tertiary/aromatic N) is 1. The van der Waals surface area contributed by atoms with Crippen LogP contribution < -0.4 is 5.32 Å². The van der Waals surface area contributed by atoms with Crippen molar-refractivity contribution >= 4 is 16.8 Å². The fraction of sp³-hybridized carbons (Fsp3) is 0.550. The van der Waals surface area contributed by atoms with Crippen LogP contribution in [0.2, 0.25) is 0 Å². The van der Waals surface area contributed by atoms with Crippen LogP contribution in [-0.2, 0) is 4.74 Å². The van der Waals surface area contributed by atoms with Crippen LogP contribution in [0.3, 0.4) is 0 Å². The number of nitrogens with one attached hydrogen (secondary N) is 2. The van der Waals surface area contributed by atoms with Gasteiger partial charge in [0, 0.05) is 36.1 Å². The highest BCUT2D eigenvalue weighted by molar-refractivity contribution is 5.98. The lowest BCUT2D eigenvalue weighted by molar-refractivity contribution is -0.0948. The predicted molar refractivity (Wildman–Crippen MR) is 101 cm³/mol. The van der Waals surface area contributed by atoms with Gasteiger partial charge in [-0.15, -0.1) is 0 Å². The predicted octanol–water partition coefficient (Wildman–Crippen LogP) is 3.23. The number of fused-ring (bicyclic) bond motifs is 1. The molecule has 0 spiro atoms. The molecule has 1 saturated heterocycles. The minimum atomic E-state index is -0.305. The van der Waals surface area contributed by atoms with Crippen molar-refractivity contribution in [3.8, 4) is 0 Å². The third-order valence-corrected chi connectivity index (χ3v) is 5.11. The van der Waals surface area contributed by atoms with E-state index >= 15 is 0 Å². The zero-order valence-corrected chi connectivity index (χ0v) is 16.1. The molecule has 1 amide bonds. The van der Waals surface area contributed by atoms with Gasteiger partial charge in [-0.2, -0.15) is 0 Å². The van der Waals surface area contributed by atoms with Crippen LogP contribution in [0.25, 0.3) is 10.9 Å². The van der Waals surface area contributed by atoms with E-state index in [0.717, 1.165) is 24.0 Å². The monoisotopic (exact) mass is 361 g/mol. The smallest absolute Gasteiger partial charge is 0.267 e. The molecule has 1 aliphatic heterocycles. The lowest BCUT2D eigenvalue weighted by Crippen LogP contribution is -2.58. The van der Waals surface area contributed by atoms with E-state index in [1.165, 1.54) is 12.1 Å². The molecular formula is C20H28FN3O2. The van der Waals surface area contributed by atoms with Gasteiger partial charge in [0.15, 0.2) is 0 Å². The average molecular weight is 361 g/mol. The highest BCUT2D eigenvalue weighted by atomic mass is 19.1. The van der Waals surface area contributed by atoms with Crippen molar-refractivity contribution in [1.82, 2.24) is 15.2 Å². The Kier molecular flexibility index (Phi) is 5.08. The van der Waals surface area contributed by atoms with Gasteiger partial charge in [-0.25, -0.2) is 4.39 Å². The summed E-state index contributed by atoms with van der Waals surface area (Å²) in [6, 6.07) is 4.67. The summed E-state index contributed by atoms with van der Waals surface area (Å²) in [5.41, 5.74) is 1.72. The number of hydrogen-bond acceptors (Lipinski definition) is 3. The maximum Gasteiger partial charge on any atom is 0.267 e. The second-order valence-electron chi connectivity index (χ2n) is 8.02. The fourth-order valence-corrected chi connectivity index (χ4v) is 3.67. The van der Waals surface area contributed by atoms with Crippen LogP contribution in [0.1, 0.15) is 43.7 Å². The molecule has 2 N–H and O–H groups in total. The van der Waals surface area contributed by atoms with E-state index in [1.807, 2.05) is 6.92 Å². The largest absolute Gasteiger partial charge is 0.373 e. The molecule has 2 atom stereocenters. The maximum absolute atomic E-state index is 13.5. The van der Waals surface area contributed by atoms with Gasteiger partial charge < -0.3 is 15.0 Å². The second-order valence-corrected chi connectivity index (χ2v) is 8.02. The SMILES string of the molecule is Cc1cc(F)cc2[nH]c(C(=O)NCC(C)(C)N3C[C@@H](C)O[C@@H](C)C3)cc12. The second kappa shape index (κ2) is 7.00. The minimum absolute atomic E-state index is 0.177. The minimum Gasteiger partial charge on any atom is -0.373 e. The quantitative estimate of drug-likeness (QED) is 0.879. The number of rotatable bonds is 4. The van der Waals surface area contributed by atoms with Crippen LogP contribution >= 0.6 is 0 Å². The molecule has 1 aliphatic rings. The number of benzene rings is 1. The van der Waals surface area contributed by atoms with Gasteiger partial charge in [-0.3, -0.25) is 9.69 Å². The summed E-state index contributed by atoms with van der Waals surface area (Å²) in [6.07, 6.45) is 0.362. The molecule has 0 saturated carbocycles. The van der Waals surface area contributed by atoms with Crippen molar-refractivity contribution in [1.29, 1.82) is 0 Å². The molecule has 2 heterocycles. The van der Waals surface area contributed by atoms with Gasteiger partial charge in [-0.1, -0.05) is 0 Å². The van der Waals surface area contributed by atoms with Crippen molar-refractivity contribution in [2.45, 2.75) is 52.4 Å². The van der Waals surface area contributed by atoms with E-state index in [9.17, 15) is 9.18 Å². The first kappa shape index (κ1) is 18.9. The summed E-state index contributed by atoms with van der Waals surface area (Å²) in [7, 11) is 0. The van der Waals surface area contributed by atoms with Crippen molar-refractivity contribution < 1.29 is 13.9 Å². The van der Waals surface area contributed by atoms with Gasteiger partial charge >= 0.3 is 0 Å². The molecule has 0 aliphatic carbocycles. The zero-order valence-electron chi connectivity index (χ0n) is 16.1. The van der Waals surface area contributed by atoms with Crippen LogP contribution in [-0.4, -0.2) is 53.2 Å². The Morgan fingerprint density at radius 2 is 1.96 bits per heavy atom. The molecule has 1 fully saturated rings. The first-order chi connectivity index (χ1) is 12.2. The Labute approximate surface area is 153 Å². The average Bonchev–Trinajstić information content (AvgIpc) is 2.96. The molecule has 0 radical (unpaired) electrons. The van der Waals surface area contributed by atoms with E-state index in [1.54, 1.807) is 6.07 Å². The Hall–Kier alpha value is -1.92. The van der Waals surface area contributed by atoms with E-state index < -0.39 is 0 Å². The fourth-order valence-electron chi connectivity index (χ4n) is 3.67. The molecule has 1 aromatic carbocycles. The highest BCUT2D eigenvalue weighted by Gasteiger charge is 2.33. The summed E-state index contributed by atoms with van der Waals surface area (Å²) in [6.45, 7) is 12.5. The van der Waals surface area contributed by atoms with Gasteiger partial charge in [0.1, 0.15) is 11.5 Å². The van der Waals surface area contributed by atoms with Crippen molar-refractivity contribution in [2.75, 3.05) is 19.6 Å². The van der Waals surface area contributed by atoms with Crippen molar-refractivity contribution in [2.24, 2.45) is 0 Å². The van der Waals surface area contributed by atoms with Gasteiger partial charge in [-0.05, 0) is 58.4 Å². The Morgan fingerprint density at radius 3 is 2.62 bits per heavy atom. The van der Waals surface area contributed by atoms with E-state index in [4.69, 9.17) is 4.74 Å². The molecule has 6 heteroatoms. The van der Waals surface area contributed by atoms with Gasteiger partial charge in [0.25, 0.3) is 5.91 Å². The first-order valence-corrected chi connectivity index (χ1v) is 9.13. The molecule has 3 rings (SSSR count). The zero-order chi connectivity index (χ0) is 19.1. The van der Waals surface area contributed by atoms with Crippen LogP contribution in [0, 0.1) is 12.7 Å². The van der Waals surface area contributed by atoms with Crippen LogP contribution in [0.4, 0.5) is 4.39 Å². The molecule has 0 unspecified atom stereocenters. The topological polar surface area (TPSA) is 57.4 Å². The van der Waals surface area contributed by atoms with Crippen LogP contribution in [0.15, 0.2) is 18.2 Å². The third-order valence-electron chi connectivity index (χ3n) is 5.11. The Bertz CT molecular complexity index is 805. The number of H-pyrrole nitrogens is 1. The van der Waals surface area contributed by atoms with Gasteiger partial charge in [0.05, 0.1) is 12.2 Å². The number of morpholine rings is 1. The van der Waals surface area contributed by atoms with E-state index in [2.05, 4.69) is 42.9 Å². The number of ether oxygens (including phenoxy) is 1. The lowest BCUT2D eigenvalue weighted by Gasteiger charge is -2.45. The summed E-state index contributed by atoms with van der Waals surface area (Å²) in [5, 5.41) is 3.88. The number of hydrogen-bond donors (Lipinski definition) is 2. The molecule has 26 heavy (non-hydrogen) atoms. The Morgan fingerprint density at radius 1 is 1.31 bits per heavy atom. The van der Waals surface area contributed by atoms with Gasteiger partial charge in [0.2, 0.25) is 0 Å². The third kappa shape index (κ3) is 3.91. The Balaban J connectivity index is 1.69. The molecule has 5 nitrogen and oxygen atoms in total. The summed E-state index contributed by atoms with van der Waals surface area (Å²) in [4.78, 5) is 18.0. The molecule has 2 aromatic rings. The van der Waals surface area contributed by atoms with Crippen molar-refractivity contribution in [3.05, 3.63) is 35.3 Å². The first-order valence-electron chi connectivity index (χ1n) is 9.13. The summed E-state index contributed by atoms with van der Waals surface area (Å²) in [5.74, 6) is -0.482. The summed E-state index contributed by atoms with van der Waals surface area (Å²) < 4.78 is 19.3. The maximum atomic E-state index is 13.5. The standard InChI is InChI=1S/C20H28FN3O2/c1-12-6-15(21)7-17-16(12)8-18(23-17)19(25)22-11-20(4,5)24-9-13(2)26-14(3)10-24/h6-8,13-14,23H,9-11H2,1-5H3,(H,22,25)/t13-,14+. The number of aromatic amines is 1. The number of aryl methyl sites for hydroxylation is 1. The van der Waals surface area contributed by atoms with Crippen molar-refractivity contribution in [3.63, 3.8) is 0 Å². The lowest BCUT2D eigenvalue weighted by atomic mass is 10.00. The van der Waals surface area contributed by atoms with Crippen LogP contribution in [0.5, 0.6) is 0 Å². The highest BCUT2D eigenvalue weighted by Crippen LogP contribution is 2.22. The number of halogens is 1. The number of aromatic nitrogens is 1. The number of carbonyl (C=O) groups is 1. The number of carbonyl (C=O) groups excluding carboxylic acids is 1. The van der Waals surface area contributed by atoms with E-state index in [-0.39, 0.29) is 29.5 Å². The molecule has 1 aromatic heterocycles. The van der Waals surface area contributed by atoms with E-state index in [0.29, 0.717) is 17.8 Å². The summed E-state index contributed by atoms with van der Waals surface area (Å²) >= 11 is 0. The molecular weight excluding hydrogens is 333 g/mol. The normalized spacial score (nSPS) is 21.9. The number of amides is 1. The molecule has 0 bridgehead atoms.